The summed E-state index contributed by atoms with van der Waals surface area (Å²) in [6, 6.07) is 9.85. The number of likely N-dealkylation sites (tertiary alicyclic amines) is 1. The molecule has 10 nitrogen and oxygen atoms in total. The Kier molecular flexibility index (Phi) is 6.72. The second-order valence-electron chi connectivity index (χ2n) is 7.66. The standard InChI is InChI=1S/C23H26N6O4/c1-24-23(32)29-13-8-16-14-17(4-5-19(16)29)33-18-6-9-25-20(15-18)27-22(31)26-10-7-21(30)28-11-2-3-12-28/h4-6,8-9,13-15H,2-3,7,10-12H2,1H3,(H,24,32)(H2,25,26,27,31). The van der Waals surface area contributed by atoms with Crippen LogP contribution >= 0.6 is 0 Å². The van der Waals surface area contributed by atoms with Gasteiger partial charge in [0.25, 0.3) is 0 Å². The minimum Gasteiger partial charge on any atom is -0.457 e. The van der Waals surface area contributed by atoms with Gasteiger partial charge in [-0.3, -0.25) is 14.7 Å². The summed E-state index contributed by atoms with van der Waals surface area (Å²) in [6.07, 6.45) is 5.58. The number of nitrogens with zero attached hydrogens (tertiary/aromatic N) is 3. The molecule has 1 fully saturated rings. The summed E-state index contributed by atoms with van der Waals surface area (Å²) in [6.45, 7) is 1.86. The van der Waals surface area contributed by atoms with Gasteiger partial charge in [-0.1, -0.05) is 0 Å². The molecular weight excluding hydrogens is 424 g/mol. The molecule has 0 spiro atoms. The number of urea groups is 1. The van der Waals surface area contributed by atoms with Crippen molar-refractivity contribution in [2.24, 2.45) is 0 Å². The number of benzene rings is 1. The maximum Gasteiger partial charge on any atom is 0.325 e. The quantitative estimate of drug-likeness (QED) is 0.533. The van der Waals surface area contributed by atoms with Crippen LogP contribution in [0.4, 0.5) is 15.4 Å². The van der Waals surface area contributed by atoms with Crippen molar-refractivity contribution < 1.29 is 19.1 Å². The zero-order valence-electron chi connectivity index (χ0n) is 18.3. The fraction of sp³-hybridized carbons (Fsp3) is 0.304. The Labute approximate surface area is 190 Å². The number of pyridine rings is 1. The maximum atomic E-state index is 12.2. The smallest absolute Gasteiger partial charge is 0.325 e. The van der Waals surface area contributed by atoms with Gasteiger partial charge in [-0.15, -0.1) is 0 Å². The molecule has 1 aromatic carbocycles. The number of carbonyl (C=O) groups is 3. The van der Waals surface area contributed by atoms with Gasteiger partial charge in [0.05, 0.1) is 5.52 Å². The summed E-state index contributed by atoms with van der Waals surface area (Å²) in [4.78, 5) is 42.1. The van der Waals surface area contributed by atoms with E-state index in [9.17, 15) is 14.4 Å². The third-order valence-electron chi connectivity index (χ3n) is 5.39. The van der Waals surface area contributed by atoms with Crippen molar-refractivity contribution in [2.75, 3.05) is 32.0 Å². The van der Waals surface area contributed by atoms with Crippen LogP contribution in [0.3, 0.4) is 0 Å². The van der Waals surface area contributed by atoms with Gasteiger partial charge in [0.15, 0.2) is 0 Å². The number of carbonyl (C=O) groups excluding carboxylic acids is 3. The lowest BCUT2D eigenvalue weighted by atomic mass is 10.2. The number of amides is 4. The van der Waals surface area contributed by atoms with Gasteiger partial charge in [-0.25, -0.2) is 14.6 Å². The van der Waals surface area contributed by atoms with E-state index in [1.54, 1.807) is 37.5 Å². The third kappa shape index (κ3) is 5.40. The summed E-state index contributed by atoms with van der Waals surface area (Å²) in [5.74, 6) is 1.46. The van der Waals surface area contributed by atoms with Crippen LogP contribution in [0, 0.1) is 0 Å². The molecule has 0 saturated carbocycles. The average Bonchev–Trinajstić information content (AvgIpc) is 3.49. The van der Waals surface area contributed by atoms with Crippen LogP contribution in [0.25, 0.3) is 10.9 Å². The number of hydrogen-bond acceptors (Lipinski definition) is 5. The SMILES string of the molecule is CNC(=O)n1ccc2cc(Oc3ccnc(NC(=O)NCCC(=O)N4CCCC4)c3)ccc21. The largest absolute Gasteiger partial charge is 0.457 e. The number of ether oxygens (including phenoxy) is 1. The molecule has 1 aliphatic heterocycles. The zero-order chi connectivity index (χ0) is 23.2. The van der Waals surface area contributed by atoms with E-state index in [2.05, 4.69) is 20.9 Å². The fourth-order valence-corrected chi connectivity index (χ4v) is 3.73. The highest BCUT2D eigenvalue weighted by atomic mass is 16.5. The van der Waals surface area contributed by atoms with E-state index in [1.165, 1.54) is 10.8 Å². The molecular formula is C23H26N6O4. The molecule has 33 heavy (non-hydrogen) atoms. The summed E-state index contributed by atoms with van der Waals surface area (Å²) in [5.41, 5.74) is 0.763. The molecule has 172 valence electrons. The molecule has 0 atom stereocenters. The molecule has 0 bridgehead atoms. The van der Waals surface area contributed by atoms with Crippen molar-refractivity contribution in [1.82, 2.24) is 25.1 Å². The Morgan fingerprint density at radius 3 is 2.64 bits per heavy atom. The molecule has 4 amide bonds. The first-order valence-corrected chi connectivity index (χ1v) is 10.8. The number of aromatic nitrogens is 2. The zero-order valence-corrected chi connectivity index (χ0v) is 18.3. The molecule has 1 saturated heterocycles. The van der Waals surface area contributed by atoms with E-state index < -0.39 is 6.03 Å². The van der Waals surface area contributed by atoms with Gasteiger partial charge in [-0.05, 0) is 43.2 Å². The highest BCUT2D eigenvalue weighted by Crippen LogP contribution is 2.27. The van der Waals surface area contributed by atoms with Gasteiger partial charge < -0.3 is 20.3 Å². The van der Waals surface area contributed by atoms with E-state index in [4.69, 9.17) is 4.74 Å². The second-order valence-corrected chi connectivity index (χ2v) is 7.66. The first-order chi connectivity index (χ1) is 16.0. The Bertz CT molecular complexity index is 1170. The summed E-state index contributed by atoms with van der Waals surface area (Å²) >= 11 is 0. The molecule has 0 unspecified atom stereocenters. The van der Waals surface area contributed by atoms with Crippen LogP contribution in [0.15, 0.2) is 48.8 Å². The fourth-order valence-electron chi connectivity index (χ4n) is 3.73. The first-order valence-electron chi connectivity index (χ1n) is 10.8. The van der Waals surface area contributed by atoms with E-state index in [-0.39, 0.29) is 24.9 Å². The van der Waals surface area contributed by atoms with Gasteiger partial charge >= 0.3 is 12.1 Å². The van der Waals surface area contributed by atoms with Crippen molar-refractivity contribution >= 4 is 34.7 Å². The van der Waals surface area contributed by atoms with E-state index in [0.29, 0.717) is 17.3 Å². The van der Waals surface area contributed by atoms with Crippen molar-refractivity contribution in [3.8, 4) is 11.5 Å². The minimum absolute atomic E-state index is 0.0592. The number of hydrogen-bond donors (Lipinski definition) is 3. The molecule has 10 heteroatoms. The Balaban J connectivity index is 1.32. The Morgan fingerprint density at radius 1 is 1.06 bits per heavy atom. The number of rotatable bonds is 6. The van der Waals surface area contributed by atoms with Crippen LogP contribution in [-0.4, -0.2) is 59.1 Å². The second kappa shape index (κ2) is 10.0. The van der Waals surface area contributed by atoms with Crippen molar-refractivity contribution in [1.29, 1.82) is 0 Å². The van der Waals surface area contributed by atoms with Gasteiger partial charge in [0.2, 0.25) is 5.91 Å². The Morgan fingerprint density at radius 2 is 1.85 bits per heavy atom. The predicted octanol–water partition coefficient (Wildman–Crippen LogP) is 3.15. The van der Waals surface area contributed by atoms with Gasteiger partial charge in [0, 0.05) is 56.9 Å². The molecule has 3 N–H and O–H groups in total. The van der Waals surface area contributed by atoms with Crippen LogP contribution in [0.2, 0.25) is 0 Å². The molecule has 1 aliphatic rings. The lowest BCUT2D eigenvalue weighted by molar-refractivity contribution is -0.129. The van der Waals surface area contributed by atoms with Crippen LogP contribution in [0.1, 0.15) is 19.3 Å². The molecule has 0 aliphatic carbocycles. The first kappa shape index (κ1) is 22.1. The summed E-state index contributed by atoms with van der Waals surface area (Å²) < 4.78 is 7.42. The van der Waals surface area contributed by atoms with E-state index in [0.717, 1.165) is 36.8 Å². The summed E-state index contributed by atoms with van der Waals surface area (Å²) in [7, 11) is 1.58. The van der Waals surface area contributed by atoms with Crippen molar-refractivity contribution in [3.05, 3.63) is 48.8 Å². The number of fused-ring (bicyclic) bond motifs is 1. The Hall–Kier alpha value is -4.08. The molecule has 0 radical (unpaired) electrons. The maximum absolute atomic E-state index is 12.2. The monoisotopic (exact) mass is 450 g/mol. The van der Waals surface area contributed by atoms with Crippen LogP contribution in [0.5, 0.6) is 11.5 Å². The number of anilines is 1. The summed E-state index contributed by atoms with van der Waals surface area (Å²) in [5, 5.41) is 8.77. The van der Waals surface area contributed by atoms with Crippen molar-refractivity contribution in [2.45, 2.75) is 19.3 Å². The van der Waals surface area contributed by atoms with Gasteiger partial charge in [0.1, 0.15) is 17.3 Å². The topological polar surface area (TPSA) is 118 Å². The normalized spacial score (nSPS) is 13.1. The van der Waals surface area contributed by atoms with Crippen LogP contribution in [-0.2, 0) is 4.79 Å². The minimum atomic E-state index is -0.439. The molecule has 3 aromatic rings. The third-order valence-corrected chi connectivity index (χ3v) is 5.39. The van der Waals surface area contributed by atoms with Gasteiger partial charge in [-0.2, -0.15) is 0 Å². The molecule has 2 aromatic heterocycles. The average molecular weight is 450 g/mol. The molecule has 4 rings (SSSR count). The lowest BCUT2D eigenvalue weighted by Gasteiger charge is -2.15. The number of nitrogens with one attached hydrogen (secondary N) is 3. The van der Waals surface area contributed by atoms with E-state index in [1.807, 2.05) is 17.0 Å². The predicted molar refractivity (Wildman–Crippen MR) is 124 cm³/mol. The lowest BCUT2D eigenvalue weighted by Crippen LogP contribution is -2.34. The molecule has 3 heterocycles. The van der Waals surface area contributed by atoms with Crippen molar-refractivity contribution in [3.63, 3.8) is 0 Å². The highest BCUT2D eigenvalue weighted by molar-refractivity contribution is 5.92. The van der Waals surface area contributed by atoms with Crippen LogP contribution < -0.4 is 20.7 Å². The highest BCUT2D eigenvalue weighted by Gasteiger charge is 2.17. The van der Waals surface area contributed by atoms with E-state index >= 15 is 0 Å².